The van der Waals surface area contributed by atoms with Crippen molar-refractivity contribution < 1.29 is 4.79 Å². The van der Waals surface area contributed by atoms with Gasteiger partial charge in [0.2, 0.25) is 5.91 Å². The molecule has 0 aromatic heterocycles. The zero-order valence-electron chi connectivity index (χ0n) is 10.2. The molecule has 1 fully saturated rings. The number of benzene rings is 1. The van der Waals surface area contributed by atoms with E-state index >= 15 is 0 Å². The van der Waals surface area contributed by atoms with Crippen molar-refractivity contribution in [3.8, 4) is 0 Å². The summed E-state index contributed by atoms with van der Waals surface area (Å²) in [5, 5.41) is 0. The highest BCUT2D eigenvalue weighted by molar-refractivity contribution is 5.80. The zero-order valence-corrected chi connectivity index (χ0v) is 10.2. The van der Waals surface area contributed by atoms with E-state index in [0.717, 1.165) is 25.9 Å². The smallest absolute Gasteiger partial charge is 0.226 e. The maximum Gasteiger partial charge on any atom is 0.226 e. The first kappa shape index (κ1) is 10.8. The van der Waals surface area contributed by atoms with Crippen LogP contribution in [0.3, 0.4) is 0 Å². The lowest BCUT2D eigenvalue weighted by molar-refractivity contribution is -0.136. The van der Waals surface area contributed by atoms with Crippen LogP contribution in [0.25, 0.3) is 0 Å². The van der Waals surface area contributed by atoms with Crippen LogP contribution in [0.4, 0.5) is 0 Å². The van der Waals surface area contributed by atoms with Crippen LogP contribution in [0.1, 0.15) is 30.4 Å². The van der Waals surface area contributed by atoms with E-state index in [4.69, 9.17) is 0 Å². The number of piperidine rings is 1. The van der Waals surface area contributed by atoms with Crippen molar-refractivity contribution in [1.29, 1.82) is 0 Å². The van der Waals surface area contributed by atoms with E-state index in [9.17, 15) is 4.79 Å². The Kier molecular flexibility index (Phi) is 2.87. The second-order valence-electron chi connectivity index (χ2n) is 5.26. The van der Waals surface area contributed by atoms with Gasteiger partial charge in [0.25, 0.3) is 0 Å². The second-order valence-corrected chi connectivity index (χ2v) is 5.26. The molecule has 2 nitrogen and oxygen atoms in total. The molecule has 0 unspecified atom stereocenters. The molecule has 1 aliphatic heterocycles. The van der Waals surface area contributed by atoms with Crippen LogP contribution in [-0.2, 0) is 17.6 Å². The van der Waals surface area contributed by atoms with Gasteiger partial charge in [-0.15, -0.1) is 0 Å². The molecule has 0 radical (unpaired) electrons. The normalized spacial score (nSPS) is 20.4. The molecule has 2 heteroatoms. The minimum Gasteiger partial charge on any atom is -0.342 e. The van der Waals surface area contributed by atoms with Gasteiger partial charge in [-0.2, -0.15) is 0 Å². The number of carbonyl (C=O) groups excluding carboxylic acids is 1. The molecule has 0 spiro atoms. The minimum atomic E-state index is 0.213. The van der Waals surface area contributed by atoms with Crippen molar-refractivity contribution in [3.05, 3.63) is 35.4 Å². The molecule has 0 saturated carbocycles. The zero-order chi connectivity index (χ0) is 11.7. The maximum atomic E-state index is 12.4. The standard InChI is InChI=1S/C15H19NO/c17-15(16-8-4-1-5-9-16)14-10-12-6-2-3-7-13(12)11-14/h2-3,6-7,14H,1,4-5,8-11H2. The Morgan fingerprint density at radius 3 is 2.18 bits per heavy atom. The van der Waals surface area contributed by atoms with Crippen LogP contribution in [-0.4, -0.2) is 23.9 Å². The van der Waals surface area contributed by atoms with Crippen molar-refractivity contribution in [3.63, 3.8) is 0 Å². The fourth-order valence-electron chi connectivity index (χ4n) is 3.11. The van der Waals surface area contributed by atoms with E-state index in [1.165, 1.54) is 30.4 Å². The Labute approximate surface area is 103 Å². The van der Waals surface area contributed by atoms with Crippen molar-refractivity contribution in [2.45, 2.75) is 32.1 Å². The molecule has 0 atom stereocenters. The molecule has 0 bridgehead atoms. The third-order valence-corrected chi connectivity index (χ3v) is 4.07. The van der Waals surface area contributed by atoms with Gasteiger partial charge in [0.1, 0.15) is 0 Å². The molecule has 1 heterocycles. The Morgan fingerprint density at radius 2 is 1.59 bits per heavy atom. The first-order valence-corrected chi connectivity index (χ1v) is 6.70. The van der Waals surface area contributed by atoms with E-state index in [1.807, 2.05) is 0 Å². The Balaban J connectivity index is 1.69. The van der Waals surface area contributed by atoms with Crippen molar-refractivity contribution in [2.24, 2.45) is 5.92 Å². The Bertz CT molecular complexity index is 396. The number of nitrogens with zero attached hydrogens (tertiary/aromatic N) is 1. The topological polar surface area (TPSA) is 20.3 Å². The fraction of sp³-hybridized carbons (Fsp3) is 0.533. The number of hydrogen-bond donors (Lipinski definition) is 0. The van der Waals surface area contributed by atoms with Gasteiger partial charge in [0.05, 0.1) is 0 Å². The average molecular weight is 229 g/mol. The molecule has 1 saturated heterocycles. The first-order chi connectivity index (χ1) is 8.34. The molecule has 2 aliphatic rings. The van der Waals surface area contributed by atoms with E-state index in [-0.39, 0.29) is 5.92 Å². The Hall–Kier alpha value is -1.31. The molecule has 3 rings (SSSR count). The number of likely N-dealkylation sites (tertiary alicyclic amines) is 1. The van der Waals surface area contributed by atoms with Crippen LogP contribution in [0.5, 0.6) is 0 Å². The van der Waals surface area contributed by atoms with E-state index in [1.54, 1.807) is 0 Å². The van der Waals surface area contributed by atoms with Crippen LogP contribution in [0, 0.1) is 5.92 Å². The van der Waals surface area contributed by atoms with Gasteiger partial charge >= 0.3 is 0 Å². The van der Waals surface area contributed by atoms with Crippen LogP contribution in [0.15, 0.2) is 24.3 Å². The van der Waals surface area contributed by atoms with Crippen molar-refractivity contribution in [2.75, 3.05) is 13.1 Å². The second kappa shape index (κ2) is 4.52. The summed E-state index contributed by atoms with van der Waals surface area (Å²) in [6.45, 7) is 1.96. The summed E-state index contributed by atoms with van der Waals surface area (Å²) >= 11 is 0. The lowest BCUT2D eigenvalue weighted by Gasteiger charge is -2.29. The molecule has 90 valence electrons. The molecule has 17 heavy (non-hydrogen) atoms. The highest BCUT2D eigenvalue weighted by Crippen LogP contribution is 2.28. The summed E-state index contributed by atoms with van der Waals surface area (Å²) in [6, 6.07) is 8.48. The molecule has 0 N–H and O–H groups in total. The number of carbonyl (C=O) groups is 1. The maximum absolute atomic E-state index is 12.4. The molecular formula is C15H19NO. The van der Waals surface area contributed by atoms with E-state index in [2.05, 4.69) is 29.2 Å². The van der Waals surface area contributed by atoms with Gasteiger partial charge in [-0.1, -0.05) is 24.3 Å². The van der Waals surface area contributed by atoms with Crippen LogP contribution >= 0.6 is 0 Å². The van der Waals surface area contributed by atoms with Crippen molar-refractivity contribution >= 4 is 5.91 Å². The lowest BCUT2D eigenvalue weighted by Crippen LogP contribution is -2.40. The summed E-state index contributed by atoms with van der Waals surface area (Å²) in [6.07, 6.45) is 5.56. The predicted molar refractivity (Wildman–Crippen MR) is 67.8 cm³/mol. The highest BCUT2D eigenvalue weighted by atomic mass is 16.2. The average Bonchev–Trinajstić information content (AvgIpc) is 2.82. The van der Waals surface area contributed by atoms with Gasteiger partial charge in [-0.3, -0.25) is 4.79 Å². The minimum absolute atomic E-state index is 0.213. The summed E-state index contributed by atoms with van der Waals surface area (Å²) in [5.41, 5.74) is 2.76. The Morgan fingerprint density at radius 1 is 1.00 bits per heavy atom. The van der Waals surface area contributed by atoms with Gasteiger partial charge in [0, 0.05) is 19.0 Å². The quantitative estimate of drug-likeness (QED) is 0.724. The van der Waals surface area contributed by atoms with E-state index < -0.39 is 0 Å². The third kappa shape index (κ3) is 2.08. The molecule has 1 aliphatic carbocycles. The monoisotopic (exact) mass is 229 g/mol. The lowest BCUT2D eigenvalue weighted by atomic mass is 10.0. The number of hydrogen-bond acceptors (Lipinski definition) is 1. The fourth-order valence-corrected chi connectivity index (χ4v) is 3.11. The third-order valence-electron chi connectivity index (χ3n) is 4.07. The molecular weight excluding hydrogens is 210 g/mol. The molecule has 1 aromatic rings. The van der Waals surface area contributed by atoms with Gasteiger partial charge in [0.15, 0.2) is 0 Å². The van der Waals surface area contributed by atoms with Gasteiger partial charge in [-0.05, 0) is 43.2 Å². The van der Waals surface area contributed by atoms with E-state index in [0.29, 0.717) is 5.91 Å². The van der Waals surface area contributed by atoms with Crippen molar-refractivity contribution in [1.82, 2.24) is 4.90 Å². The molecule has 1 aromatic carbocycles. The van der Waals surface area contributed by atoms with Crippen LogP contribution in [0.2, 0.25) is 0 Å². The van der Waals surface area contributed by atoms with Crippen LogP contribution < -0.4 is 0 Å². The summed E-state index contributed by atoms with van der Waals surface area (Å²) < 4.78 is 0. The summed E-state index contributed by atoms with van der Waals surface area (Å²) in [7, 11) is 0. The molecule has 1 amide bonds. The number of amides is 1. The SMILES string of the molecule is O=C(C1Cc2ccccc2C1)N1CCCCC1. The summed E-state index contributed by atoms with van der Waals surface area (Å²) in [5.74, 6) is 0.603. The first-order valence-electron chi connectivity index (χ1n) is 6.70. The van der Waals surface area contributed by atoms with Gasteiger partial charge < -0.3 is 4.90 Å². The largest absolute Gasteiger partial charge is 0.342 e. The number of rotatable bonds is 1. The predicted octanol–water partition coefficient (Wildman–Crippen LogP) is 2.41. The van der Waals surface area contributed by atoms with Gasteiger partial charge in [-0.25, -0.2) is 0 Å². The highest BCUT2D eigenvalue weighted by Gasteiger charge is 2.30. The summed E-state index contributed by atoms with van der Waals surface area (Å²) in [4.78, 5) is 14.5. The number of fused-ring (bicyclic) bond motifs is 1.